The van der Waals surface area contributed by atoms with Crippen LogP contribution in [0.25, 0.3) is 0 Å². The Bertz CT molecular complexity index is 947. The average molecular weight is 401 g/mol. The van der Waals surface area contributed by atoms with E-state index in [1.807, 2.05) is 0 Å². The summed E-state index contributed by atoms with van der Waals surface area (Å²) in [6.45, 7) is 6.72. The van der Waals surface area contributed by atoms with E-state index in [2.05, 4.69) is 4.98 Å². The van der Waals surface area contributed by atoms with E-state index in [0.717, 1.165) is 0 Å². The number of H-pyrrole nitrogens is 1. The predicted octanol–water partition coefficient (Wildman–Crippen LogP) is 2.76. The molecule has 1 aliphatic rings. The second-order valence-corrected chi connectivity index (χ2v) is 6.65. The fraction of sp³-hybridized carbons (Fsp3) is 0.381. The van der Waals surface area contributed by atoms with Crippen molar-refractivity contribution in [3.63, 3.8) is 0 Å². The fourth-order valence-electron chi connectivity index (χ4n) is 3.15. The van der Waals surface area contributed by atoms with Crippen LogP contribution in [0.5, 0.6) is 11.5 Å². The Kier molecular flexibility index (Phi) is 5.91. The Morgan fingerprint density at radius 3 is 2.59 bits per heavy atom. The van der Waals surface area contributed by atoms with E-state index in [1.54, 1.807) is 45.0 Å². The molecule has 154 valence electrons. The van der Waals surface area contributed by atoms with Crippen LogP contribution in [-0.2, 0) is 14.3 Å². The van der Waals surface area contributed by atoms with Crippen LogP contribution >= 0.6 is 0 Å². The molecule has 1 N–H and O–H groups in total. The van der Waals surface area contributed by atoms with Gasteiger partial charge in [-0.1, -0.05) is 12.1 Å². The van der Waals surface area contributed by atoms with E-state index in [0.29, 0.717) is 28.3 Å². The Morgan fingerprint density at radius 2 is 1.90 bits per heavy atom. The number of ether oxygens (including phenoxy) is 4. The zero-order valence-corrected chi connectivity index (χ0v) is 16.7. The second-order valence-electron chi connectivity index (χ2n) is 6.65. The first-order valence-corrected chi connectivity index (χ1v) is 9.33. The Hall–Kier alpha value is -3.29. The number of rotatable bonds is 6. The minimum absolute atomic E-state index is 0.00952. The molecule has 0 saturated carbocycles. The van der Waals surface area contributed by atoms with E-state index in [4.69, 9.17) is 18.9 Å². The molecule has 1 aromatic heterocycles. The van der Waals surface area contributed by atoms with Gasteiger partial charge in [-0.3, -0.25) is 4.79 Å². The summed E-state index contributed by atoms with van der Waals surface area (Å²) in [5.74, 6) is -0.674. The number of Topliss-reactive ketones (excluding diaryl/α,β-unsaturated/α-hetero) is 1. The SMILES string of the molecule is CCOC(=O)c1c(C)[nH]c(C(=O)[C@H](C)OC(=O)[C@@H]2COc3ccccc3O2)c1C. The van der Waals surface area contributed by atoms with Gasteiger partial charge in [0.2, 0.25) is 11.9 Å². The first-order chi connectivity index (χ1) is 13.8. The third-order valence-corrected chi connectivity index (χ3v) is 4.60. The number of carbonyl (C=O) groups excluding carboxylic acids is 3. The maximum atomic E-state index is 12.8. The number of hydrogen-bond donors (Lipinski definition) is 1. The van der Waals surface area contributed by atoms with Crippen LogP contribution in [-0.4, -0.2) is 48.1 Å². The molecule has 2 aromatic rings. The van der Waals surface area contributed by atoms with Crippen molar-refractivity contribution in [2.45, 2.75) is 39.9 Å². The van der Waals surface area contributed by atoms with Gasteiger partial charge in [0.1, 0.15) is 6.61 Å². The summed E-state index contributed by atoms with van der Waals surface area (Å²) in [4.78, 5) is 40.2. The van der Waals surface area contributed by atoms with Gasteiger partial charge >= 0.3 is 11.9 Å². The summed E-state index contributed by atoms with van der Waals surface area (Å²) < 4.78 is 21.4. The first-order valence-electron chi connectivity index (χ1n) is 9.33. The van der Waals surface area contributed by atoms with Crippen LogP contribution in [0.4, 0.5) is 0 Å². The number of aromatic amines is 1. The number of fused-ring (bicyclic) bond motifs is 1. The standard InChI is InChI=1S/C21H23NO7/c1-5-26-21(25)17-11(2)18(22-12(17)3)19(23)13(4)28-20(24)16-10-27-14-8-6-7-9-15(14)29-16/h6-9,13,16,22H,5,10H2,1-4H3/t13-,16-/m0/s1. The van der Waals surface area contributed by atoms with E-state index in [-0.39, 0.29) is 18.9 Å². The number of ketones is 1. The van der Waals surface area contributed by atoms with Gasteiger partial charge in [-0.25, -0.2) is 9.59 Å². The number of nitrogens with one attached hydrogen (secondary N) is 1. The van der Waals surface area contributed by atoms with Gasteiger partial charge in [0.25, 0.3) is 0 Å². The molecule has 1 aromatic carbocycles. The van der Waals surface area contributed by atoms with E-state index < -0.39 is 29.9 Å². The molecule has 0 radical (unpaired) electrons. The van der Waals surface area contributed by atoms with Gasteiger partial charge in [0, 0.05) is 5.69 Å². The van der Waals surface area contributed by atoms with Gasteiger partial charge in [-0.05, 0) is 45.4 Å². The second kappa shape index (κ2) is 8.38. The molecule has 0 fully saturated rings. The molecule has 0 aliphatic carbocycles. The molecular weight excluding hydrogens is 378 g/mol. The molecule has 0 saturated heterocycles. The van der Waals surface area contributed by atoms with Crippen molar-refractivity contribution in [1.29, 1.82) is 0 Å². The predicted molar refractivity (Wildman–Crippen MR) is 102 cm³/mol. The summed E-state index contributed by atoms with van der Waals surface area (Å²) in [6, 6.07) is 6.98. The lowest BCUT2D eigenvalue weighted by atomic mass is 10.1. The summed E-state index contributed by atoms with van der Waals surface area (Å²) >= 11 is 0. The Labute approximate surface area is 168 Å². The summed E-state index contributed by atoms with van der Waals surface area (Å²) in [5, 5.41) is 0. The van der Waals surface area contributed by atoms with Crippen molar-refractivity contribution in [3.05, 3.63) is 46.8 Å². The lowest BCUT2D eigenvalue weighted by Crippen LogP contribution is -2.40. The molecule has 0 amide bonds. The number of carbonyl (C=O) groups is 3. The third kappa shape index (κ3) is 4.11. The van der Waals surface area contributed by atoms with E-state index in [1.165, 1.54) is 6.92 Å². The molecule has 0 unspecified atom stereocenters. The highest BCUT2D eigenvalue weighted by Gasteiger charge is 2.33. The van der Waals surface area contributed by atoms with Gasteiger partial charge < -0.3 is 23.9 Å². The van der Waals surface area contributed by atoms with Crippen LogP contribution in [0.3, 0.4) is 0 Å². The maximum absolute atomic E-state index is 12.8. The summed E-state index contributed by atoms with van der Waals surface area (Å²) in [7, 11) is 0. The molecule has 3 rings (SSSR count). The van der Waals surface area contributed by atoms with Crippen LogP contribution in [0.1, 0.15) is 46.0 Å². The lowest BCUT2D eigenvalue weighted by Gasteiger charge is -2.25. The van der Waals surface area contributed by atoms with Crippen molar-refractivity contribution < 1.29 is 33.3 Å². The van der Waals surface area contributed by atoms with Gasteiger partial charge in [-0.15, -0.1) is 0 Å². The van der Waals surface area contributed by atoms with Crippen molar-refractivity contribution in [1.82, 2.24) is 4.98 Å². The molecule has 8 heteroatoms. The van der Waals surface area contributed by atoms with Crippen molar-refractivity contribution in [3.8, 4) is 11.5 Å². The lowest BCUT2D eigenvalue weighted by molar-refractivity contribution is -0.157. The zero-order chi connectivity index (χ0) is 21.1. The molecular formula is C21H23NO7. The summed E-state index contributed by atoms with van der Waals surface area (Å²) in [5.41, 5.74) is 1.50. The van der Waals surface area contributed by atoms with Gasteiger partial charge in [-0.2, -0.15) is 0 Å². The normalized spacial score (nSPS) is 16.1. The summed E-state index contributed by atoms with van der Waals surface area (Å²) in [6.07, 6.45) is -2.04. The highest BCUT2D eigenvalue weighted by molar-refractivity contribution is 6.04. The fourth-order valence-corrected chi connectivity index (χ4v) is 3.15. The van der Waals surface area contributed by atoms with Crippen LogP contribution in [0.15, 0.2) is 24.3 Å². The van der Waals surface area contributed by atoms with Crippen molar-refractivity contribution >= 4 is 17.7 Å². The Morgan fingerprint density at radius 1 is 1.21 bits per heavy atom. The highest BCUT2D eigenvalue weighted by Crippen LogP contribution is 2.31. The Balaban J connectivity index is 1.69. The smallest absolute Gasteiger partial charge is 0.351 e. The van der Waals surface area contributed by atoms with Crippen LogP contribution in [0.2, 0.25) is 0 Å². The minimum Gasteiger partial charge on any atom is -0.485 e. The molecule has 0 bridgehead atoms. The number of hydrogen-bond acceptors (Lipinski definition) is 7. The van der Waals surface area contributed by atoms with Gasteiger partial charge in [0.05, 0.1) is 17.9 Å². The molecule has 29 heavy (non-hydrogen) atoms. The van der Waals surface area contributed by atoms with E-state index >= 15 is 0 Å². The molecule has 2 heterocycles. The minimum atomic E-state index is -1.07. The van der Waals surface area contributed by atoms with Crippen molar-refractivity contribution in [2.75, 3.05) is 13.2 Å². The number of aryl methyl sites for hydroxylation is 1. The van der Waals surface area contributed by atoms with Crippen LogP contribution in [0, 0.1) is 13.8 Å². The largest absolute Gasteiger partial charge is 0.485 e. The average Bonchev–Trinajstić information content (AvgIpc) is 3.01. The van der Waals surface area contributed by atoms with Crippen molar-refractivity contribution in [2.24, 2.45) is 0 Å². The maximum Gasteiger partial charge on any atom is 0.351 e. The van der Waals surface area contributed by atoms with Gasteiger partial charge in [0.15, 0.2) is 17.6 Å². The molecule has 2 atom stereocenters. The molecule has 8 nitrogen and oxygen atoms in total. The molecule has 0 spiro atoms. The number of esters is 2. The van der Waals surface area contributed by atoms with Crippen LogP contribution < -0.4 is 9.47 Å². The highest BCUT2D eigenvalue weighted by atomic mass is 16.6. The topological polar surface area (TPSA) is 104 Å². The zero-order valence-electron chi connectivity index (χ0n) is 16.7. The first kappa shape index (κ1) is 20.4. The third-order valence-electron chi connectivity index (χ3n) is 4.60. The van der Waals surface area contributed by atoms with E-state index in [9.17, 15) is 14.4 Å². The quantitative estimate of drug-likeness (QED) is 0.586. The number of para-hydroxylation sites is 2. The molecule has 1 aliphatic heterocycles. The monoisotopic (exact) mass is 401 g/mol. The number of benzene rings is 1. The number of aromatic nitrogens is 1.